The molecule has 0 fully saturated rings. The van der Waals surface area contributed by atoms with E-state index >= 15 is 0 Å². The third kappa shape index (κ3) is 3.61. The minimum absolute atomic E-state index is 0.0615. The van der Waals surface area contributed by atoms with E-state index in [2.05, 4.69) is 0 Å². The molecule has 0 unspecified atom stereocenters. The molecule has 2 aromatic carbocycles. The molecule has 4 rings (SSSR count). The highest BCUT2D eigenvalue weighted by atomic mass is 32.2. The zero-order chi connectivity index (χ0) is 18.8. The Morgan fingerprint density at radius 1 is 1.22 bits per heavy atom. The van der Waals surface area contributed by atoms with Crippen molar-refractivity contribution in [2.24, 2.45) is 0 Å². The average Bonchev–Trinajstić information content (AvgIpc) is 3.17. The SMILES string of the molecule is COc1ccccc1-n1c(SCc2ccc(F)cc2)nc2c(c1=O)SCC2. The quantitative estimate of drug-likeness (QED) is 0.471. The van der Waals surface area contributed by atoms with E-state index in [9.17, 15) is 9.18 Å². The van der Waals surface area contributed by atoms with E-state index in [4.69, 9.17) is 9.72 Å². The van der Waals surface area contributed by atoms with Crippen molar-refractivity contribution in [2.45, 2.75) is 22.2 Å². The first kappa shape index (κ1) is 18.1. The molecule has 0 atom stereocenters. The largest absolute Gasteiger partial charge is 0.495 e. The maximum absolute atomic E-state index is 13.2. The van der Waals surface area contributed by atoms with Crippen LogP contribution in [0.5, 0.6) is 5.75 Å². The zero-order valence-electron chi connectivity index (χ0n) is 14.6. The van der Waals surface area contributed by atoms with Gasteiger partial charge in [0.15, 0.2) is 5.16 Å². The minimum Gasteiger partial charge on any atom is -0.495 e. The van der Waals surface area contributed by atoms with Gasteiger partial charge in [-0.25, -0.2) is 9.37 Å². The number of para-hydroxylation sites is 2. The second-order valence-electron chi connectivity index (χ2n) is 6.00. The monoisotopic (exact) mass is 400 g/mol. The van der Waals surface area contributed by atoms with Gasteiger partial charge in [-0.15, -0.1) is 11.8 Å². The molecule has 0 N–H and O–H groups in total. The molecule has 2 heterocycles. The molecular formula is C20H17FN2O2S2. The second-order valence-corrected chi connectivity index (χ2v) is 8.04. The summed E-state index contributed by atoms with van der Waals surface area (Å²) < 4.78 is 20.2. The number of fused-ring (bicyclic) bond motifs is 1. The van der Waals surface area contributed by atoms with Crippen molar-refractivity contribution >= 4 is 23.5 Å². The summed E-state index contributed by atoms with van der Waals surface area (Å²) >= 11 is 3.02. The molecule has 0 aliphatic carbocycles. The van der Waals surface area contributed by atoms with E-state index < -0.39 is 0 Å². The van der Waals surface area contributed by atoms with Crippen LogP contribution in [0.2, 0.25) is 0 Å². The zero-order valence-corrected chi connectivity index (χ0v) is 16.3. The smallest absolute Gasteiger partial charge is 0.272 e. The van der Waals surface area contributed by atoms with E-state index in [1.165, 1.54) is 23.9 Å². The molecule has 3 aromatic rings. The Kier molecular flexibility index (Phi) is 5.22. The van der Waals surface area contributed by atoms with Crippen LogP contribution < -0.4 is 10.3 Å². The molecule has 0 bridgehead atoms. The number of aryl methyl sites for hydroxylation is 1. The molecule has 27 heavy (non-hydrogen) atoms. The van der Waals surface area contributed by atoms with Gasteiger partial charge in [-0.2, -0.15) is 0 Å². The molecule has 1 aromatic heterocycles. The van der Waals surface area contributed by atoms with E-state index in [0.29, 0.717) is 27.2 Å². The van der Waals surface area contributed by atoms with Gasteiger partial charge in [0.05, 0.1) is 23.4 Å². The molecule has 1 aliphatic rings. The molecule has 4 nitrogen and oxygen atoms in total. The van der Waals surface area contributed by atoms with Crippen LogP contribution in [0.1, 0.15) is 11.3 Å². The van der Waals surface area contributed by atoms with Gasteiger partial charge in [-0.05, 0) is 29.8 Å². The lowest BCUT2D eigenvalue weighted by Gasteiger charge is -2.16. The fourth-order valence-corrected chi connectivity index (χ4v) is 4.95. The first-order valence-electron chi connectivity index (χ1n) is 8.46. The van der Waals surface area contributed by atoms with Crippen LogP contribution in [-0.4, -0.2) is 22.4 Å². The van der Waals surface area contributed by atoms with Crippen molar-refractivity contribution in [2.75, 3.05) is 12.9 Å². The van der Waals surface area contributed by atoms with Gasteiger partial charge in [-0.3, -0.25) is 9.36 Å². The number of halogens is 1. The summed E-state index contributed by atoms with van der Waals surface area (Å²) in [5.74, 6) is 1.82. The number of thioether (sulfide) groups is 2. The van der Waals surface area contributed by atoms with Gasteiger partial charge in [-0.1, -0.05) is 36.0 Å². The highest BCUT2D eigenvalue weighted by Gasteiger charge is 2.23. The third-order valence-corrected chi connectivity index (χ3v) is 6.39. The van der Waals surface area contributed by atoms with Crippen LogP contribution >= 0.6 is 23.5 Å². The summed E-state index contributed by atoms with van der Waals surface area (Å²) in [5.41, 5.74) is 2.44. The van der Waals surface area contributed by atoms with Gasteiger partial charge in [0.1, 0.15) is 11.6 Å². The lowest BCUT2D eigenvalue weighted by atomic mass is 10.2. The molecule has 0 spiro atoms. The Hall–Kier alpha value is -2.25. The predicted octanol–water partition coefficient (Wildman–Crippen LogP) is 4.32. The number of rotatable bonds is 5. The highest BCUT2D eigenvalue weighted by Crippen LogP contribution is 2.33. The van der Waals surface area contributed by atoms with Crippen LogP contribution in [0.4, 0.5) is 4.39 Å². The Morgan fingerprint density at radius 2 is 2.00 bits per heavy atom. The molecule has 0 amide bonds. The molecule has 138 valence electrons. The summed E-state index contributed by atoms with van der Waals surface area (Å²) in [6.07, 6.45) is 0.798. The maximum Gasteiger partial charge on any atom is 0.272 e. The topological polar surface area (TPSA) is 44.1 Å². The summed E-state index contributed by atoms with van der Waals surface area (Å²) in [5, 5.41) is 0.620. The van der Waals surface area contributed by atoms with E-state index in [1.807, 2.05) is 24.3 Å². The molecule has 0 saturated heterocycles. The Morgan fingerprint density at radius 3 is 2.78 bits per heavy atom. The maximum atomic E-state index is 13.2. The number of ether oxygens (including phenoxy) is 1. The molecule has 1 aliphatic heterocycles. The fourth-order valence-electron chi connectivity index (χ4n) is 2.94. The van der Waals surface area contributed by atoms with Crippen molar-refractivity contribution in [1.82, 2.24) is 9.55 Å². The summed E-state index contributed by atoms with van der Waals surface area (Å²) in [6.45, 7) is 0. The first-order valence-corrected chi connectivity index (χ1v) is 10.4. The predicted molar refractivity (Wildman–Crippen MR) is 107 cm³/mol. The first-order chi connectivity index (χ1) is 13.2. The lowest BCUT2D eigenvalue weighted by Crippen LogP contribution is -2.24. The number of methoxy groups -OCH3 is 1. The molecule has 0 saturated carbocycles. The van der Waals surface area contributed by atoms with Gasteiger partial charge in [0, 0.05) is 17.9 Å². The Balaban J connectivity index is 1.79. The van der Waals surface area contributed by atoms with E-state index in [-0.39, 0.29) is 11.4 Å². The van der Waals surface area contributed by atoms with Crippen molar-refractivity contribution < 1.29 is 9.13 Å². The normalized spacial score (nSPS) is 12.8. The average molecular weight is 401 g/mol. The number of hydrogen-bond acceptors (Lipinski definition) is 5. The molecular weight excluding hydrogens is 383 g/mol. The number of hydrogen-bond donors (Lipinski definition) is 0. The summed E-state index contributed by atoms with van der Waals surface area (Å²) in [4.78, 5) is 18.7. The minimum atomic E-state index is -0.262. The van der Waals surface area contributed by atoms with Crippen molar-refractivity contribution in [3.8, 4) is 11.4 Å². The Labute approximate surface area is 164 Å². The summed E-state index contributed by atoms with van der Waals surface area (Å²) in [7, 11) is 1.59. The van der Waals surface area contributed by atoms with E-state index in [1.54, 1.807) is 35.6 Å². The van der Waals surface area contributed by atoms with E-state index in [0.717, 1.165) is 23.4 Å². The summed E-state index contributed by atoms with van der Waals surface area (Å²) in [6, 6.07) is 13.8. The van der Waals surface area contributed by atoms with Crippen LogP contribution in [0.25, 0.3) is 5.69 Å². The van der Waals surface area contributed by atoms with Crippen molar-refractivity contribution in [1.29, 1.82) is 0 Å². The lowest BCUT2D eigenvalue weighted by molar-refractivity contribution is 0.411. The van der Waals surface area contributed by atoms with Crippen molar-refractivity contribution in [3.05, 3.63) is 76.0 Å². The third-order valence-electron chi connectivity index (χ3n) is 4.27. The van der Waals surface area contributed by atoms with Crippen LogP contribution in [0, 0.1) is 5.82 Å². The van der Waals surface area contributed by atoms with Crippen LogP contribution in [0.3, 0.4) is 0 Å². The van der Waals surface area contributed by atoms with Crippen LogP contribution in [0.15, 0.2) is 63.4 Å². The molecule has 7 heteroatoms. The Bertz CT molecular complexity index is 1040. The van der Waals surface area contributed by atoms with Gasteiger partial charge < -0.3 is 4.74 Å². The van der Waals surface area contributed by atoms with Crippen molar-refractivity contribution in [3.63, 3.8) is 0 Å². The standard InChI is InChI=1S/C20H17FN2O2S2/c1-25-17-5-3-2-4-16(17)23-19(24)18-15(10-11-26-18)22-20(23)27-12-13-6-8-14(21)9-7-13/h2-9H,10-12H2,1H3. The van der Waals surface area contributed by atoms with Crippen LogP contribution in [-0.2, 0) is 12.2 Å². The van der Waals surface area contributed by atoms with Gasteiger partial charge >= 0.3 is 0 Å². The number of nitrogens with zero attached hydrogens (tertiary/aromatic N) is 2. The second kappa shape index (κ2) is 7.78. The molecule has 0 radical (unpaired) electrons. The number of aromatic nitrogens is 2. The highest BCUT2D eigenvalue weighted by molar-refractivity contribution is 7.99. The fraction of sp³-hybridized carbons (Fsp3) is 0.200. The van der Waals surface area contributed by atoms with Gasteiger partial charge in [0.25, 0.3) is 5.56 Å². The van der Waals surface area contributed by atoms with Gasteiger partial charge in [0.2, 0.25) is 0 Å². The number of benzene rings is 2.